The van der Waals surface area contributed by atoms with Gasteiger partial charge in [0.1, 0.15) is 0 Å². The molecule has 0 aliphatic heterocycles. The Morgan fingerprint density at radius 2 is 1.94 bits per heavy atom. The lowest BCUT2D eigenvalue weighted by Crippen LogP contribution is -2.29. The van der Waals surface area contributed by atoms with Gasteiger partial charge in [-0.1, -0.05) is 12.1 Å². The summed E-state index contributed by atoms with van der Waals surface area (Å²) in [4.78, 5) is 1.30. The standard InChI is InChI=1S/C14H20N2S/c1-14(2,10-15)11-16-9-8-12-4-6-13(17-3)7-5-12/h4-7,16H,8-9,11H2,1-3H3. The molecule has 0 heterocycles. The van der Waals surface area contributed by atoms with Crippen molar-refractivity contribution in [1.29, 1.82) is 5.26 Å². The zero-order valence-electron chi connectivity index (χ0n) is 10.8. The van der Waals surface area contributed by atoms with E-state index in [1.54, 1.807) is 11.8 Å². The fourth-order valence-corrected chi connectivity index (χ4v) is 1.87. The first-order valence-electron chi connectivity index (χ1n) is 5.82. The Bertz CT molecular complexity index is 376. The van der Waals surface area contributed by atoms with E-state index in [0.717, 1.165) is 19.5 Å². The highest BCUT2D eigenvalue weighted by molar-refractivity contribution is 7.98. The molecule has 0 spiro atoms. The first-order valence-corrected chi connectivity index (χ1v) is 7.05. The van der Waals surface area contributed by atoms with Crippen molar-refractivity contribution >= 4 is 11.8 Å². The van der Waals surface area contributed by atoms with Crippen LogP contribution < -0.4 is 5.32 Å². The lowest BCUT2D eigenvalue weighted by molar-refractivity contribution is 0.447. The molecule has 3 heteroatoms. The summed E-state index contributed by atoms with van der Waals surface area (Å²) < 4.78 is 0. The molecule has 1 aromatic carbocycles. The Balaban J connectivity index is 2.29. The van der Waals surface area contributed by atoms with Gasteiger partial charge in [-0.05, 0) is 50.8 Å². The van der Waals surface area contributed by atoms with Crippen LogP contribution in [-0.4, -0.2) is 19.3 Å². The van der Waals surface area contributed by atoms with Gasteiger partial charge in [0.15, 0.2) is 0 Å². The van der Waals surface area contributed by atoms with Crippen LogP contribution in [0.5, 0.6) is 0 Å². The number of thioether (sulfide) groups is 1. The van der Waals surface area contributed by atoms with Crippen molar-refractivity contribution in [3.05, 3.63) is 29.8 Å². The van der Waals surface area contributed by atoms with Gasteiger partial charge >= 0.3 is 0 Å². The van der Waals surface area contributed by atoms with Gasteiger partial charge in [-0.15, -0.1) is 11.8 Å². The minimum absolute atomic E-state index is 0.275. The van der Waals surface area contributed by atoms with Crippen molar-refractivity contribution in [1.82, 2.24) is 5.32 Å². The van der Waals surface area contributed by atoms with E-state index in [9.17, 15) is 0 Å². The van der Waals surface area contributed by atoms with Crippen molar-refractivity contribution in [3.8, 4) is 6.07 Å². The molecule has 0 aromatic heterocycles. The Morgan fingerprint density at radius 1 is 1.29 bits per heavy atom. The van der Waals surface area contributed by atoms with Crippen LogP contribution in [0.4, 0.5) is 0 Å². The maximum atomic E-state index is 8.88. The summed E-state index contributed by atoms with van der Waals surface area (Å²) in [5.74, 6) is 0. The molecule has 0 saturated heterocycles. The van der Waals surface area contributed by atoms with Crippen LogP contribution in [0.15, 0.2) is 29.2 Å². The van der Waals surface area contributed by atoms with Crippen LogP contribution in [0.3, 0.4) is 0 Å². The molecule has 17 heavy (non-hydrogen) atoms. The Hall–Kier alpha value is -0.980. The molecule has 0 bridgehead atoms. The van der Waals surface area contributed by atoms with Gasteiger partial charge in [0, 0.05) is 11.4 Å². The van der Waals surface area contributed by atoms with Gasteiger partial charge in [-0.2, -0.15) is 5.26 Å². The highest BCUT2D eigenvalue weighted by Crippen LogP contribution is 2.15. The molecule has 0 fully saturated rings. The second-order valence-corrected chi connectivity index (χ2v) is 5.65. The summed E-state index contributed by atoms with van der Waals surface area (Å²) in [5.41, 5.74) is 1.06. The number of nitrogens with one attached hydrogen (secondary N) is 1. The average molecular weight is 248 g/mol. The van der Waals surface area contributed by atoms with Crippen LogP contribution in [0.1, 0.15) is 19.4 Å². The number of benzene rings is 1. The maximum absolute atomic E-state index is 8.88. The molecule has 1 N–H and O–H groups in total. The fraction of sp³-hybridized carbons (Fsp3) is 0.500. The Kier molecular flexibility index (Phi) is 5.54. The van der Waals surface area contributed by atoms with Gasteiger partial charge in [0.25, 0.3) is 0 Å². The minimum atomic E-state index is -0.275. The molecule has 0 unspecified atom stereocenters. The molecule has 0 aliphatic carbocycles. The highest BCUT2D eigenvalue weighted by atomic mass is 32.2. The van der Waals surface area contributed by atoms with Crippen molar-refractivity contribution in [2.45, 2.75) is 25.2 Å². The molecule has 0 amide bonds. The largest absolute Gasteiger partial charge is 0.315 e. The van der Waals surface area contributed by atoms with E-state index >= 15 is 0 Å². The molecule has 0 atom stereocenters. The zero-order chi connectivity index (χ0) is 12.7. The van der Waals surface area contributed by atoms with Gasteiger partial charge in [0.2, 0.25) is 0 Å². The third-order valence-electron chi connectivity index (χ3n) is 2.62. The van der Waals surface area contributed by atoms with E-state index in [-0.39, 0.29) is 5.41 Å². The monoisotopic (exact) mass is 248 g/mol. The molecule has 1 rings (SSSR count). The molecule has 2 nitrogen and oxygen atoms in total. The third kappa shape index (κ3) is 5.25. The summed E-state index contributed by atoms with van der Waals surface area (Å²) in [6.07, 6.45) is 3.09. The summed E-state index contributed by atoms with van der Waals surface area (Å²) in [7, 11) is 0. The average Bonchev–Trinajstić information content (AvgIpc) is 2.35. The summed E-state index contributed by atoms with van der Waals surface area (Å²) in [6.45, 7) is 5.57. The molecule has 0 radical (unpaired) electrons. The minimum Gasteiger partial charge on any atom is -0.315 e. The van der Waals surface area contributed by atoms with Crippen LogP contribution in [0.25, 0.3) is 0 Å². The number of rotatable bonds is 6. The summed E-state index contributed by atoms with van der Waals surface area (Å²) >= 11 is 1.76. The van der Waals surface area contributed by atoms with Gasteiger partial charge in [-0.3, -0.25) is 0 Å². The predicted octanol–water partition coefficient (Wildman–Crippen LogP) is 3.09. The topological polar surface area (TPSA) is 35.8 Å². The lowest BCUT2D eigenvalue weighted by atomic mass is 9.96. The SMILES string of the molecule is CSc1ccc(CCNCC(C)(C)C#N)cc1. The van der Waals surface area contributed by atoms with Gasteiger partial charge < -0.3 is 5.32 Å². The molecular formula is C14H20N2S. The summed E-state index contributed by atoms with van der Waals surface area (Å²) in [5, 5.41) is 12.2. The number of hydrogen-bond donors (Lipinski definition) is 1. The smallest absolute Gasteiger partial charge is 0.0697 e. The van der Waals surface area contributed by atoms with E-state index in [2.05, 4.69) is 41.9 Å². The van der Waals surface area contributed by atoms with E-state index in [1.165, 1.54) is 10.5 Å². The Morgan fingerprint density at radius 3 is 2.47 bits per heavy atom. The molecular weight excluding hydrogens is 228 g/mol. The first-order chi connectivity index (χ1) is 8.07. The fourth-order valence-electron chi connectivity index (χ4n) is 1.47. The van der Waals surface area contributed by atoms with Gasteiger partial charge in [0.05, 0.1) is 11.5 Å². The second-order valence-electron chi connectivity index (χ2n) is 4.77. The number of nitriles is 1. The van der Waals surface area contributed by atoms with Crippen LogP contribution >= 0.6 is 11.8 Å². The Labute approximate surface area is 108 Å². The van der Waals surface area contributed by atoms with Crippen molar-refractivity contribution in [3.63, 3.8) is 0 Å². The molecule has 92 valence electrons. The third-order valence-corrected chi connectivity index (χ3v) is 3.36. The van der Waals surface area contributed by atoms with Gasteiger partial charge in [-0.25, -0.2) is 0 Å². The molecule has 1 aromatic rings. The number of nitrogens with zero attached hydrogens (tertiary/aromatic N) is 1. The zero-order valence-corrected chi connectivity index (χ0v) is 11.6. The second kappa shape index (κ2) is 6.68. The lowest BCUT2D eigenvalue weighted by Gasteiger charge is -2.15. The van der Waals surface area contributed by atoms with Crippen molar-refractivity contribution < 1.29 is 0 Å². The normalized spacial score (nSPS) is 11.2. The van der Waals surface area contributed by atoms with Crippen LogP contribution in [0.2, 0.25) is 0 Å². The molecule has 0 saturated carbocycles. The predicted molar refractivity (Wildman–Crippen MR) is 74.2 cm³/mol. The van der Waals surface area contributed by atoms with E-state index in [4.69, 9.17) is 5.26 Å². The van der Waals surface area contributed by atoms with E-state index in [1.807, 2.05) is 13.8 Å². The summed E-state index contributed by atoms with van der Waals surface area (Å²) in [6, 6.07) is 10.9. The van der Waals surface area contributed by atoms with E-state index in [0.29, 0.717) is 0 Å². The highest BCUT2D eigenvalue weighted by Gasteiger charge is 2.14. The van der Waals surface area contributed by atoms with Crippen LogP contribution in [0, 0.1) is 16.7 Å². The molecule has 0 aliphatic rings. The number of hydrogen-bond acceptors (Lipinski definition) is 3. The van der Waals surface area contributed by atoms with Crippen molar-refractivity contribution in [2.75, 3.05) is 19.3 Å². The van der Waals surface area contributed by atoms with Crippen LogP contribution in [-0.2, 0) is 6.42 Å². The van der Waals surface area contributed by atoms with E-state index < -0.39 is 0 Å². The first kappa shape index (κ1) is 14.1. The van der Waals surface area contributed by atoms with Crippen molar-refractivity contribution in [2.24, 2.45) is 5.41 Å². The quantitative estimate of drug-likeness (QED) is 0.621. The maximum Gasteiger partial charge on any atom is 0.0697 e.